The zero-order valence-corrected chi connectivity index (χ0v) is 17.5. The van der Waals surface area contributed by atoms with Crippen molar-refractivity contribution in [3.63, 3.8) is 0 Å². The summed E-state index contributed by atoms with van der Waals surface area (Å²) in [5.41, 5.74) is 2.52. The Morgan fingerprint density at radius 3 is 2.41 bits per heavy atom. The predicted molar refractivity (Wildman–Crippen MR) is 114 cm³/mol. The van der Waals surface area contributed by atoms with Crippen LogP contribution in [-0.2, 0) is 17.8 Å². The average molecular weight is 400 g/mol. The second-order valence-corrected chi connectivity index (χ2v) is 6.91. The van der Waals surface area contributed by atoms with Crippen LogP contribution in [0.4, 0.5) is 4.39 Å². The van der Waals surface area contributed by atoms with E-state index in [0.717, 1.165) is 23.3 Å². The number of guanidine groups is 1. The van der Waals surface area contributed by atoms with Crippen molar-refractivity contribution in [2.45, 2.75) is 19.9 Å². The van der Waals surface area contributed by atoms with Gasteiger partial charge in [0.25, 0.3) is 0 Å². The van der Waals surface area contributed by atoms with Crippen LogP contribution in [0, 0.1) is 12.7 Å². The molecule has 29 heavy (non-hydrogen) atoms. The number of methoxy groups -OCH3 is 1. The number of nitrogens with one attached hydrogen (secondary N) is 2. The molecule has 0 unspecified atom stereocenters. The summed E-state index contributed by atoms with van der Waals surface area (Å²) in [5, 5.41) is 6.27. The quantitative estimate of drug-likeness (QED) is 0.528. The maximum atomic E-state index is 13.8. The summed E-state index contributed by atoms with van der Waals surface area (Å²) in [6.07, 6.45) is 0.783. The molecule has 0 aliphatic heterocycles. The van der Waals surface area contributed by atoms with Crippen LogP contribution in [0.2, 0.25) is 0 Å². The molecule has 0 bridgehead atoms. The van der Waals surface area contributed by atoms with E-state index in [0.29, 0.717) is 24.6 Å². The van der Waals surface area contributed by atoms with Gasteiger partial charge >= 0.3 is 0 Å². The number of likely N-dealkylation sites (N-methyl/N-ethyl adjacent to an activating group) is 1. The summed E-state index contributed by atoms with van der Waals surface area (Å²) in [4.78, 5) is 17.9. The monoisotopic (exact) mass is 400 g/mol. The Morgan fingerprint density at radius 1 is 1.10 bits per heavy atom. The molecule has 0 aromatic heterocycles. The number of rotatable bonds is 8. The first kappa shape index (κ1) is 22.2. The molecule has 2 aromatic carbocycles. The van der Waals surface area contributed by atoms with E-state index in [2.05, 4.69) is 15.6 Å². The zero-order chi connectivity index (χ0) is 21.2. The molecule has 0 aliphatic rings. The topological polar surface area (TPSA) is 66.0 Å². The number of nitrogens with zero attached hydrogens (tertiary/aromatic N) is 2. The fourth-order valence-corrected chi connectivity index (χ4v) is 2.51. The standard InChI is InChI=1S/C22H29FN4O2/c1-16-5-6-18(13-20(16)23)14-25-22(26-15-21(28)27(2)3)24-12-11-17-7-9-19(29-4)10-8-17/h5-10,13H,11-12,14-15H2,1-4H3,(H2,24,25,26). The lowest BCUT2D eigenvalue weighted by molar-refractivity contribution is -0.127. The Kier molecular flexibility index (Phi) is 8.45. The number of carbonyl (C=O) groups excluding carboxylic acids is 1. The molecule has 2 aromatic rings. The lowest BCUT2D eigenvalue weighted by atomic mass is 10.1. The lowest BCUT2D eigenvalue weighted by Crippen LogP contribution is -2.43. The van der Waals surface area contributed by atoms with Gasteiger partial charge in [-0.15, -0.1) is 0 Å². The minimum Gasteiger partial charge on any atom is -0.497 e. The van der Waals surface area contributed by atoms with Gasteiger partial charge < -0.3 is 20.3 Å². The van der Waals surface area contributed by atoms with E-state index in [1.807, 2.05) is 30.3 Å². The maximum absolute atomic E-state index is 13.8. The highest BCUT2D eigenvalue weighted by atomic mass is 19.1. The second-order valence-electron chi connectivity index (χ2n) is 6.91. The van der Waals surface area contributed by atoms with Gasteiger partial charge in [0.15, 0.2) is 5.96 Å². The summed E-state index contributed by atoms with van der Waals surface area (Å²) in [7, 11) is 5.04. The molecule has 2 rings (SSSR count). The highest BCUT2D eigenvalue weighted by molar-refractivity contribution is 5.86. The molecule has 0 aliphatic carbocycles. The van der Waals surface area contributed by atoms with E-state index < -0.39 is 0 Å². The molecule has 0 saturated carbocycles. The Hall–Kier alpha value is -3.09. The molecule has 0 atom stereocenters. The number of hydrogen-bond donors (Lipinski definition) is 2. The van der Waals surface area contributed by atoms with E-state index >= 15 is 0 Å². The summed E-state index contributed by atoms with van der Waals surface area (Å²) in [6.45, 7) is 2.80. The van der Waals surface area contributed by atoms with Gasteiger partial charge in [-0.1, -0.05) is 24.3 Å². The van der Waals surface area contributed by atoms with Crippen LogP contribution in [0.1, 0.15) is 16.7 Å². The predicted octanol–water partition coefficient (Wildman–Crippen LogP) is 2.51. The molecule has 2 N–H and O–H groups in total. The van der Waals surface area contributed by atoms with Gasteiger partial charge in [0, 0.05) is 20.6 Å². The fraction of sp³-hybridized carbons (Fsp3) is 0.364. The van der Waals surface area contributed by atoms with Crippen molar-refractivity contribution in [2.75, 3.05) is 34.3 Å². The molecule has 6 nitrogen and oxygen atoms in total. The number of aliphatic imine (C=N–C) groups is 1. The molecular weight excluding hydrogens is 371 g/mol. The Bertz CT molecular complexity index is 835. The van der Waals surface area contributed by atoms with Crippen molar-refractivity contribution in [1.29, 1.82) is 0 Å². The van der Waals surface area contributed by atoms with Gasteiger partial charge in [0.2, 0.25) is 5.91 Å². The van der Waals surface area contributed by atoms with Crippen LogP contribution in [-0.4, -0.2) is 51.1 Å². The van der Waals surface area contributed by atoms with Crippen molar-refractivity contribution in [3.05, 3.63) is 65.0 Å². The van der Waals surface area contributed by atoms with Crippen LogP contribution in [0.25, 0.3) is 0 Å². The molecule has 7 heteroatoms. The van der Waals surface area contributed by atoms with E-state index in [9.17, 15) is 9.18 Å². The lowest BCUT2D eigenvalue weighted by Gasteiger charge is -2.15. The van der Waals surface area contributed by atoms with E-state index in [-0.39, 0.29) is 18.3 Å². The van der Waals surface area contributed by atoms with Crippen LogP contribution in [0.5, 0.6) is 5.75 Å². The van der Waals surface area contributed by atoms with E-state index in [4.69, 9.17) is 4.74 Å². The third-order valence-corrected chi connectivity index (χ3v) is 4.43. The molecule has 0 radical (unpaired) electrons. The van der Waals surface area contributed by atoms with Crippen molar-refractivity contribution in [2.24, 2.45) is 4.99 Å². The molecule has 0 saturated heterocycles. The van der Waals surface area contributed by atoms with Gasteiger partial charge in [0.1, 0.15) is 11.6 Å². The molecular formula is C22H29FN4O2. The minimum atomic E-state index is -0.248. The first-order chi connectivity index (χ1) is 13.9. The smallest absolute Gasteiger partial charge is 0.241 e. The molecule has 156 valence electrons. The minimum absolute atomic E-state index is 0.0592. The number of amides is 1. The van der Waals surface area contributed by atoms with Gasteiger partial charge in [-0.25, -0.2) is 9.38 Å². The number of halogens is 1. The number of aryl methyl sites for hydroxylation is 1. The van der Waals surface area contributed by atoms with Gasteiger partial charge in [-0.2, -0.15) is 0 Å². The third kappa shape index (κ3) is 7.44. The van der Waals surface area contributed by atoms with Crippen molar-refractivity contribution < 1.29 is 13.9 Å². The number of carbonyl (C=O) groups is 1. The maximum Gasteiger partial charge on any atom is 0.241 e. The summed E-state index contributed by atoms with van der Waals surface area (Å²) >= 11 is 0. The van der Waals surface area contributed by atoms with Crippen molar-refractivity contribution in [1.82, 2.24) is 15.5 Å². The Balaban J connectivity index is 1.98. The molecule has 1 amide bonds. The zero-order valence-electron chi connectivity index (χ0n) is 17.5. The average Bonchev–Trinajstić information content (AvgIpc) is 2.72. The van der Waals surface area contributed by atoms with Crippen LogP contribution >= 0.6 is 0 Å². The fourth-order valence-electron chi connectivity index (χ4n) is 2.51. The van der Waals surface area contributed by atoms with Crippen LogP contribution < -0.4 is 15.4 Å². The van der Waals surface area contributed by atoms with Crippen LogP contribution in [0.15, 0.2) is 47.5 Å². The highest BCUT2D eigenvalue weighted by Gasteiger charge is 2.06. The summed E-state index contributed by atoms with van der Waals surface area (Å²) in [6, 6.07) is 12.9. The third-order valence-electron chi connectivity index (χ3n) is 4.43. The highest BCUT2D eigenvalue weighted by Crippen LogP contribution is 2.11. The number of hydrogen-bond acceptors (Lipinski definition) is 3. The SMILES string of the molecule is COc1ccc(CCNC(=NCc2ccc(C)c(F)c2)NCC(=O)N(C)C)cc1. The van der Waals surface area contributed by atoms with Crippen molar-refractivity contribution in [3.8, 4) is 5.75 Å². The van der Waals surface area contributed by atoms with Crippen molar-refractivity contribution >= 4 is 11.9 Å². The largest absolute Gasteiger partial charge is 0.497 e. The van der Waals surface area contributed by atoms with Gasteiger partial charge in [-0.05, 0) is 48.2 Å². The Labute approximate surface area is 171 Å². The molecule has 0 heterocycles. The normalized spacial score (nSPS) is 11.1. The van der Waals surface area contributed by atoms with Crippen LogP contribution in [0.3, 0.4) is 0 Å². The Morgan fingerprint density at radius 2 is 1.79 bits per heavy atom. The second kappa shape index (κ2) is 11.0. The first-order valence-corrected chi connectivity index (χ1v) is 9.49. The number of ether oxygens (including phenoxy) is 1. The van der Waals surface area contributed by atoms with Gasteiger partial charge in [0.05, 0.1) is 20.2 Å². The molecule has 0 spiro atoms. The summed E-state index contributed by atoms with van der Waals surface area (Å²) < 4.78 is 18.9. The van der Waals surface area contributed by atoms with E-state index in [1.54, 1.807) is 34.2 Å². The molecule has 0 fully saturated rings. The number of benzene rings is 2. The summed E-state index contributed by atoms with van der Waals surface area (Å²) in [5.74, 6) is 1.02. The first-order valence-electron chi connectivity index (χ1n) is 9.49. The van der Waals surface area contributed by atoms with Gasteiger partial charge in [-0.3, -0.25) is 4.79 Å². The van der Waals surface area contributed by atoms with E-state index in [1.165, 1.54) is 11.0 Å².